The van der Waals surface area contributed by atoms with Crippen molar-refractivity contribution in [3.8, 4) is 0 Å². The van der Waals surface area contributed by atoms with E-state index in [0.717, 1.165) is 15.1 Å². The summed E-state index contributed by atoms with van der Waals surface area (Å²) in [5, 5.41) is 5.56. The molecule has 100 valence electrons. The van der Waals surface area contributed by atoms with E-state index >= 15 is 0 Å². The van der Waals surface area contributed by atoms with Crippen LogP contribution in [0.3, 0.4) is 0 Å². The van der Waals surface area contributed by atoms with Crippen LogP contribution in [0.4, 0.5) is 0 Å². The average molecular weight is 345 g/mol. The summed E-state index contributed by atoms with van der Waals surface area (Å²) >= 11 is 5.36. The Morgan fingerprint density at radius 2 is 1.70 bits per heavy atom. The zero-order valence-corrected chi connectivity index (χ0v) is 13.1. The fraction of sp³-hybridized carbons (Fsp3) is 0.0625. The smallest absolute Gasteiger partial charge is 0.127 e. The van der Waals surface area contributed by atoms with Crippen molar-refractivity contribution in [1.29, 1.82) is 0 Å². The maximum atomic E-state index is 4.41. The van der Waals surface area contributed by atoms with Crippen LogP contribution >= 0.6 is 27.7 Å². The van der Waals surface area contributed by atoms with Crippen LogP contribution < -0.4 is 5.43 Å². The molecule has 1 aliphatic rings. The van der Waals surface area contributed by atoms with Crippen molar-refractivity contribution in [3.05, 3.63) is 76.3 Å². The third-order valence-corrected chi connectivity index (χ3v) is 5.02. The summed E-state index contributed by atoms with van der Waals surface area (Å²) in [4.78, 5) is 0. The molecule has 1 heterocycles. The molecule has 4 heteroatoms. The van der Waals surface area contributed by atoms with Crippen LogP contribution in [-0.2, 0) is 0 Å². The molecular weight excluding hydrogens is 332 g/mol. The number of rotatable bonds is 3. The Morgan fingerprint density at radius 1 is 1.05 bits per heavy atom. The van der Waals surface area contributed by atoms with Gasteiger partial charge in [0.05, 0.1) is 0 Å². The highest BCUT2D eigenvalue weighted by Gasteiger charge is 2.22. The average Bonchev–Trinajstić information content (AvgIpc) is 2.99. The Balaban J connectivity index is 1.71. The molecule has 1 unspecified atom stereocenters. The molecule has 0 bridgehead atoms. The van der Waals surface area contributed by atoms with Gasteiger partial charge in [-0.3, -0.25) is 5.43 Å². The molecule has 20 heavy (non-hydrogen) atoms. The molecule has 0 fully saturated rings. The quantitative estimate of drug-likeness (QED) is 0.889. The van der Waals surface area contributed by atoms with Crippen LogP contribution in [0.1, 0.15) is 11.1 Å². The molecule has 2 aromatic rings. The number of hydrogen-bond acceptors (Lipinski definition) is 3. The van der Waals surface area contributed by atoms with E-state index in [1.807, 2.05) is 36.4 Å². The standard InChI is InChI=1S/C16H13BrN2S/c17-14(11-12-7-3-1-4-8-12)16-19-18-15(20-16)13-9-5-2-6-10-13/h1-11,16,19H/b14-11-. The molecule has 0 aliphatic carbocycles. The molecule has 1 atom stereocenters. The Labute approximate surface area is 131 Å². The van der Waals surface area contributed by atoms with Crippen molar-refractivity contribution >= 4 is 38.8 Å². The van der Waals surface area contributed by atoms with Crippen molar-refractivity contribution in [3.63, 3.8) is 0 Å². The van der Waals surface area contributed by atoms with Crippen molar-refractivity contribution in [2.24, 2.45) is 5.10 Å². The van der Waals surface area contributed by atoms with E-state index < -0.39 is 0 Å². The molecule has 2 aromatic carbocycles. The highest BCUT2D eigenvalue weighted by atomic mass is 79.9. The second-order valence-electron chi connectivity index (χ2n) is 4.35. The fourth-order valence-corrected chi connectivity index (χ4v) is 3.43. The van der Waals surface area contributed by atoms with Gasteiger partial charge in [-0.25, -0.2) is 0 Å². The van der Waals surface area contributed by atoms with Gasteiger partial charge in [-0.05, 0) is 11.6 Å². The Hall–Kier alpha value is -1.52. The summed E-state index contributed by atoms with van der Waals surface area (Å²) in [5.74, 6) is 0. The summed E-state index contributed by atoms with van der Waals surface area (Å²) in [5.41, 5.74) is 5.48. The van der Waals surface area contributed by atoms with Gasteiger partial charge in [0.25, 0.3) is 0 Å². The maximum absolute atomic E-state index is 4.41. The van der Waals surface area contributed by atoms with Gasteiger partial charge < -0.3 is 0 Å². The third-order valence-electron chi connectivity index (χ3n) is 2.89. The van der Waals surface area contributed by atoms with Crippen LogP contribution in [-0.4, -0.2) is 10.4 Å². The van der Waals surface area contributed by atoms with Crippen LogP contribution in [0.15, 0.2) is 70.2 Å². The predicted octanol–water partition coefficient (Wildman–Crippen LogP) is 4.45. The molecule has 0 aromatic heterocycles. The predicted molar refractivity (Wildman–Crippen MR) is 90.8 cm³/mol. The van der Waals surface area contributed by atoms with Crippen molar-refractivity contribution in [2.45, 2.75) is 5.37 Å². The number of hydrogen-bond donors (Lipinski definition) is 1. The first-order valence-corrected chi connectivity index (χ1v) is 7.97. The first kappa shape index (κ1) is 13.5. The van der Waals surface area contributed by atoms with Crippen molar-refractivity contribution < 1.29 is 0 Å². The minimum atomic E-state index is 0.130. The van der Waals surface area contributed by atoms with Gasteiger partial charge in [0, 0.05) is 10.0 Å². The van der Waals surface area contributed by atoms with Crippen molar-refractivity contribution in [2.75, 3.05) is 0 Å². The minimum absolute atomic E-state index is 0.130. The number of hydrazone groups is 1. The lowest BCUT2D eigenvalue weighted by atomic mass is 10.2. The van der Waals surface area contributed by atoms with Crippen molar-refractivity contribution in [1.82, 2.24) is 5.43 Å². The molecule has 2 nitrogen and oxygen atoms in total. The van der Waals surface area contributed by atoms with Crippen LogP contribution in [0, 0.1) is 0 Å². The number of halogens is 1. The minimum Gasteiger partial charge on any atom is -0.290 e. The number of thioether (sulfide) groups is 1. The molecule has 0 radical (unpaired) electrons. The van der Waals surface area contributed by atoms with E-state index in [0.29, 0.717) is 0 Å². The van der Waals surface area contributed by atoms with Gasteiger partial charge in [-0.1, -0.05) is 88.4 Å². The number of benzene rings is 2. The van der Waals surface area contributed by atoms with Gasteiger partial charge in [-0.15, -0.1) is 0 Å². The van der Waals surface area contributed by atoms with Crippen LogP contribution in [0.5, 0.6) is 0 Å². The van der Waals surface area contributed by atoms with E-state index in [9.17, 15) is 0 Å². The topological polar surface area (TPSA) is 24.4 Å². The van der Waals surface area contributed by atoms with E-state index in [-0.39, 0.29) is 5.37 Å². The normalized spacial score (nSPS) is 18.6. The molecule has 0 saturated heterocycles. The third kappa shape index (κ3) is 3.14. The number of nitrogens with zero attached hydrogens (tertiary/aromatic N) is 1. The van der Waals surface area contributed by atoms with E-state index in [1.54, 1.807) is 11.8 Å². The Bertz CT molecular complexity index is 638. The van der Waals surface area contributed by atoms with Crippen LogP contribution in [0.2, 0.25) is 0 Å². The molecule has 1 N–H and O–H groups in total. The summed E-state index contributed by atoms with van der Waals surface area (Å²) in [6.45, 7) is 0. The van der Waals surface area contributed by atoms with E-state index in [4.69, 9.17) is 0 Å². The molecule has 0 spiro atoms. The monoisotopic (exact) mass is 344 g/mol. The highest BCUT2D eigenvalue weighted by Crippen LogP contribution is 2.31. The summed E-state index contributed by atoms with van der Waals surface area (Å²) in [6, 6.07) is 20.5. The lowest BCUT2D eigenvalue weighted by molar-refractivity contribution is 0.799. The second kappa shape index (κ2) is 6.29. The molecule has 3 rings (SSSR count). The zero-order chi connectivity index (χ0) is 13.8. The molecular formula is C16H13BrN2S. The first-order valence-electron chi connectivity index (χ1n) is 6.30. The Morgan fingerprint density at radius 3 is 2.40 bits per heavy atom. The first-order chi connectivity index (χ1) is 9.83. The van der Waals surface area contributed by atoms with E-state index in [2.05, 4.69) is 56.8 Å². The second-order valence-corrected chi connectivity index (χ2v) is 6.36. The Kier molecular flexibility index (Phi) is 4.23. The van der Waals surface area contributed by atoms with Crippen LogP contribution in [0.25, 0.3) is 6.08 Å². The highest BCUT2D eigenvalue weighted by molar-refractivity contribution is 9.12. The summed E-state index contributed by atoms with van der Waals surface area (Å²) in [6.07, 6.45) is 2.12. The largest absolute Gasteiger partial charge is 0.290 e. The van der Waals surface area contributed by atoms with Gasteiger partial charge in [0.1, 0.15) is 10.4 Å². The van der Waals surface area contributed by atoms with Gasteiger partial charge >= 0.3 is 0 Å². The fourth-order valence-electron chi connectivity index (χ4n) is 1.90. The zero-order valence-electron chi connectivity index (χ0n) is 10.7. The maximum Gasteiger partial charge on any atom is 0.127 e. The van der Waals surface area contributed by atoms with Gasteiger partial charge in [0.15, 0.2) is 0 Å². The van der Waals surface area contributed by atoms with Gasteiger partial charge in [-0.2, -0.15) is 5.10 Å². The molecule has 0 saturated carbocycles. The molecule has 1 aliphatic heterocycles. The van der Waals surface area contributed by atoms with Gasteiger partial charge in [0.2, 0.25) is 0 Å². The number of nitrogens with one attached hydrogen (secondary N) is 1. The van der Waals surface area contributed by atoms with E-state index in [1.165, 1.54) is 5.56 Å². The SMILES string of the molecule is Br/C(=C\c1ccccc1)C1NN=C(c2ccccc2)S1. The lowest BCUT2D eigenvalue weighted by Gasteiger charge is -2.08. The summed E-state index contributed by atoms with van der Waals surface area (Å²) in [7, 11) is 0. The lowest BCUT2D eigenvalue weighted by Crippen LogP contribution is -2.15. The summed E-state index contributed by atoms with van der Waals surface area (Å²) < 4.78 is 1.09. The molecule has 0 amide bonds.